The molecule has 1 saturated heterocycles. The van der Waals surface area contributed by atoms with Crippen molar-refractivity contribution in [1.82, 2.24) is 14.5 Å². The molecule has 0 saturated carbocycles. The van der Waals surface area contributed by atoms with E-state index in [2.05, 4.69) is 4.98 Å². The maximum atomic E-state index is 13.2. The van der Waals surface area contributed by atoms with Gasteiger partial charge in [0.2, 0.25) is 0 Å². The Labute approximate surface area is 168 Å². The van der Waals surface area contributed by atoms with Crippen molar-refractivity contribution in [3.05, 3.63) is 77.8 Å². The van der Waals surface area contributed by atoms with E-state index in [0.29, 0.717) is 42.8 Å². The average Bonchev–Trinajstić information content (AvgIpc) is 3.28. The lowest BCUT2D eigenvalue weighted by molar-refractivity contribution is -0.0401. The highest BCUT2D eigenvalue weighted by Crippen LogP contribution is 2.22. The first-order valence-electron chi connectivity index (χ1n) is 9.09. The van der Waals surface area contributed by atoms with E-state index in [9.17, 15) is 4.79 Å². The summed E-state index contributed by atoms with van der Waals surface area (Å²) in [5.41, 5.74) is 1.52. The van der Waals surface area contributed by atoms with Crippen LogP contribution in [0.1, 0.15) is 10.4 Å². The fourth-order valence-electron chi connectivity index (χ4n) is 3.21. The molecular weight excluding hydrogens is 378 g/mol. The van der Waals surface area contributed by atoms with E-state index in [1.807, 2.05) is 58.3 Å². The number of amides is 1. The van der Waals surface area contributed by atoms with Gasteiger partial charge in [0.15, 0.2) is 10.9 Å². The molecule has 3 aromatic rings. The third kappa shape index (κ3) is 4.03. The molecule has 1 atom stereocenters. The van der Waals surface area contributed by atoms with Crippen LogP contribution in [0.15, 0.2) is 67.1 Å². The Bertz CT molecular complexity index is 946. The van der Waals surface area contributed by atoms with Crippen LogP contribution in [-0.2, 0) is 4.74 Å². The Hall–Kier alpha value is -2.83. The molecule has 1 aromatic carbocycles. The summed E-state index contributed by atoms with van der Waals surface area (Å²) in [6.07, 6.45) is 5.24. The molecule has 1 amide bonds. The molecular formula is C21H20ClN3O3. The van der Waals surface area contributed by atoms with E-state index < -0.39 is 0 Å². The number of halogens is 1. The highest BCUT2D eigenvalue weighted by Gasteiger charge is 2.27. The number of ether oxygens (including phenoxy) is 2. The Morgan fingerprint density at radius 2 is 2.00 bits per heavy atom. The van der Waals surface area contributed by atoms with Crippen molar-refractivity contribution >= 4 is 17.5 Å². The Morgan fingerprint density at radius 1 is 1.18 bits per heavy atom. The number of carbonyl (C=O) groups excluding carboxylic acids is 1. The molecule has 1 aliphatic rings. The SMILES string of the molecule is O=C(c1ccccc1-n1cccc1)N1CCOC(COc2cccnc2Cl)C1. The van der Waals surface area contributed by atoms with E-state index in [4.69, 9.17) is 21.1 Å². The molecule has 0 bridgehead atoms. The molecule has 1 aliphatic heterocycles. The molecule has 1 fully saturated rings. The van der Waals surface area contributed by atoms with Gasteiger partial charge in [-0.2, -0.15) is 0 Å². The van der Waals surface area contributed by atoms with Crippen molar-refractivity contribution < 1.29 is 14.3 Å². The summed E-state index contributed by atoms with van der Waals surface area (Å²) in [6.45, 7) is 1.76. The Kier molecular flexibility index (Phi) is 5.60. The van der Waals surface area contributed by atoms with Crippen molar-refractivity contribution in [1.29, 1.82) is 0 Å². The average molecular weight is 398 g/mol. The van der Waals surface area contributed by atoms with Crippen molar-refractivity contribution in [3.8, 4) is 11.4 Å². The minimum atomic E-state index is -0.229. The van der Waals surface area contributed by atoms with E-state index in [1.54, 1.807) is 18.3 Å². The number of benzene rings is 1. The van der Waals surface area contributed by atoms with Gasteiger partial charge in [-0.1, -0.05) is 23.7 Å². The molecule has 0 N–H and O–H groups in total. The number of para-hydroxylation sites is 1. The van der Waals surface area contributed by atoms with Gasteiger partial charge >= 0.3 is 0 Å². The topological polar surface area (TPSA) is 56.6 Å². The monoisotopic (exact) mass is 397 g/mol. The van der Waals surface area contributed by atoms with Crippen molar-refractivity contribution in [3.63, 3.8) is 0 Å². The standard InChI is InChI=1S/C21H20ClN3O3/c22-20-19(8-5-9-23-20)28-15-16-14-25(12-13-27-16)21(26)17-6-1-2-7-18(17)24-10-3-4-11-24/h1-11,16H,12-15H2. The summed E-state index contributed by atoms with van der Waals surface area (Å²) >= 11 is 6.02. The van der Waals surface area contributed by atoms with Crippen LogP contribution in [0.2, 0.25) is 5.15 Å². The molecule has 6 nitrogen and oxygen atoms in total. The number of hydrogen-bond donors (Lipinski definition) is 0. The third-order valence-electron chi connectivity index (χ3n) is 4.59. The van der Waals surface area contributed by atoms with Crippen molar-refractivity contribution in [2.24, 2.45) is 0 Å². The van der Waals surface area contributed by atoms with E-state index >= 15 is 0 Å². The number of hydrogen-bond acceptors (Lipinski definition) is 4. The lowest BCUT2D eigenvalue weighted by Gasteiger charge is -2.33. The van der Waals surface area contributed by atoms with Crippen LogP contribution >= 0.6 is 11.6 Å². The van der Waals surface area contributed by atoms with Crippen LogP contribution in [0.3, 0.4) is 0 Å². The first-order valence-corrected chi connectivity index (χ1v) is 9.47. The number of morpholine rings is 1. The van der Waals surface area contributed by atoms with Crippen molar-refractivity contribution in [2.45, 2.75) is 6.10 Å². The zero-order valence-corrected chi connectivity index (χ0v) is 16.0. The molecule has 7 heteroatoms. The molecule has 0 radical (unpaired) electrons. The summed E-state index contributed by atoms with van der Waals surface area (Å²) in [6, 6.07) is 15.0. The zero-order chi connectivity index (χ0) is 19.3. The molecule has 3 heterocycles. The fraction of sp³-hybridized carbons (Fsp3) is 0.238. The summed E-state index contributed by atoms with van der Waals surface area (Å²) in [5, 5.41) is 0.312. The molecule has 28 heavy (non-hydrogen) atoms. The lowest BCUT2D eigenvalue weighted by Crippen LogP contribution is -2.47. The van der Waals surface area contributed by atoms with E-state index in [1.165, 1.54) is 0 Å². The Morgan fingerprint density at radius 3 is 2.82 bits per heavy atom. The van der Waals surface area contributed by atoms with Crippen LogP contribution in [0.25, 0.3) is 5.69 Å². The van der Waals surface area contributed by atoms with Gasteiger partial charge in [-0.15, -0.1) is 0 Å². The van der Waals surface area contributed by atoms with Crippen LogP contribution in [-0.4, -0.2) is 52.8 Å². The summed E-state index contributed by atoms with van der Waals surface area (Å²) in [5.74, 6) is 0.492. The summed E-state index contributed by atoms with van der Waals surface area (Å²) in [7, 11) is 0. The van der Waals surface area contributed by atoms with Crippen LogP contribution < -0.4 is 4.74 Å². The third-order valence-corrected chi connectivity index (χ3v) is 4.88. The maximum Gasteiger partial charge on any atom is 0.256 e. The van der Waals surface area contributed by atoms with Crippen LogP contribution in [0.4, 0.5) is 0 Å². The van der Waals surface area contributed by atoms with Gasteiger partial charge in [-0.05, 0) is 36.4 Å². The van der Waals surface area contributed by atoms with Gasteiger partial charge in [-0.3, -0.25) is 4.79 Å². The number of rotatable bonds is 5. The number of aromatic nitrogens is 2. The first-order chi connectivity index (χ1) is 13.7. The molecule has 2 aromatic heterocycles. The first kappa shape index (κ1) is 18.5. The number of carbonyl (C=O) groups is 1. The minimum Gasteiger partial charge on any atom is -0.488 e. The van der Waals surface area contributed by atoms with Gasteiger partial charge < -0.3 is 18.9 Å². The van der Waals surface area contributed by atoms with Gasteiger partial charge in [-0.25, -0.2) is 4.98 Å². The molecule has 0 aliphatic carbocycles. The van der Waals surface area contributed by atoms with Gasteiger partial charge in [0.25, 0.3) is 5.91 Å². The van der Waals surface area contributed by atoms with Crippen LogP contribution in [0.5, 0.6) is 5.75 Å². The second-order valence-corrected chi connectivity index (χ2v) is 6.81. The minimum absolute atomic E-state index is 0.0167. The quantitative estimate of drug-likeness (QED) is 0.619. The molecule has 144 valence electrons. The van der Waals surface area contributed by atoms with E-state index in [0.717, 1.165) is 5.69 Å². The van der Waals surface area contributed by atoms with E-state index in [-0.39, 0.29) is 12.0 Å². The summed E-state index contributed by atoms with van der Waals surface area (Å²) in [4.78, 5) is 19.0. The molecule has 4 rings (SSSR count). The molecule has 0 spiro atoms. The largest absolute Gasteiger partial charge is 0.488 e. The summed E-state index contributed by atoms with van der Waals surface area (Å²) < 4.78 is 13.4. The second-order valence-electron chi connectivity index (χ2n) is 6.45. The highest BCUT2D eigenvalue weighted by atomic mass is 35.5. The molecule has 1 unspecified atom stereocenters. The predicted octanol–water partition coefficient (Wildman–Crippen LogP) is 3.45. The smallest absolute Gasteiger partial charge is 0.256 e. The second kappa shape index (κ2) is 8.46. The van der Waals surface area contributed by atoms with Crippen molar-refractivity contribution in [2.75, 3.05) is 26.3 Å². The fourth-order valence-corrected chi connectivity index (χ4v) is 3.39. The number of pyridine rings is 1. The Balaban J connectivity index is 1.45. The normalized spacial score (nSPS) is 16.8. The highest BCUT2D eigenvalue weighted by molar-refractivity contribution is 6.30. The number of nitrogens with zero attached hydrogens (tertiary/aromatic N) is 3. The van der Waals surface area contributed by atoms with Crippen LogP contribution in [0, 0.1) is 0 Å². The van der Waals surface area contributed by atoms with Gasteiger partial charge in [0.05, 0.1) is 24.4 Å². The maximum absolute atomic E-state index is 13.2. The lowest BCUT2D eigenvalue weighted by atomic mass is 10.1. The zero-order valence-electron chi connectivity index (χ0n) is 15.2. The van der Waals surface area contributed by atoms with Gasteiger partial charge in [0.1, 0.15) is 12.7 Å². The predicted molar refractivity (Wildman–Crippen MR) is 106 cm³/mol. The van der Waals surface area contributed by atoms with Gasteiger partial charge in [0, 0.05) is 25.1 Å².